The third-order valence-electron chi connectivity index (χ3n) is 3.52. The first kappa shape index (κ1) is 15.6. The first-order chi connectivity index (χ1) is 9.71. The Bertz CT molecular complexity index is 448. The highest BCUT2D eigenvalue weighted by Crippen LogP contribution is 2.41. The van der Waals surface area contributed by atoms with E-state index in [1.807, 2.05) is 0 Å². The van der Waals surface area contributed by atoms with Gasteiger partial charge in [0.05, 0.1) is 4.47 Å². The molecule has 4 nitrogen and oxygen atoms in total. The smallest absolute Gasteiger partial charge is 0.231 e. The quantitative estimate of drug-likeness (QED) is 0.825. The average molecular weight is 343 g/mol. The van der Waals surface area contributed by atoms with Gasteiger partial charge in [0.1, 0.15) is 0 Å². The number of hydrogen-bond acceptors (Lipinski definition) is 4. The summed E-state index contributed by atoms with van der Waals surface area (Å²) >= 11 is 3.56. The van der Waals surface area contributed by atoms with E-state index in [4.69, 9.17) is 15.2 Å². The molecule has 0 aromatic heterocycles. The van der Waals surface area contributed by atoms with E-state index >= 15 is 0 Å². The molecule has 2 rings (SSSR count). The fraction of sp³-hybridized carbons (Fsp3) is 0.600. The molecule has 1 unspecified atom stereocenters. The molecule has 20 heavy (non-hydrogen) atoms. The van der Waals surface area contributed by atoms with Crippen molar-refractivity contribution in [2.24, 2.45) is 5.73 Å². The van der Waals surface area contributed by atoms with Gasteiger partial charge in [-0.2, -0.15) is 0 Å². The zero-order chi connectivity index (χ0) is 14.5. The SMILES string of the molecule is CCCN(CCC)C(CN)c1cc(Br)c2c(c1)OCO2. The van der Waals surface area contributed by atoms with Gasteiger partial charge in [-0.15, -0.1) is 0 Å². The summed E-state index contributed by atoms with van der Waals surface area (Å²) in [5.41, 5.74) is 7.22. The Morgan fingerprint density at radius 1 is 1.25 bits per heavy atom. The monoisotopic (exact) mass is 342 g/mol. The number of benzene rings is 1. The lowest BCUT2D eigenvalue weighted by Gasteiger charge is -2.31. The molecular formula is C15H23BrN2O2. The molecule has 0 saturated carbocycles. The summed E-state index contributed by atoms with van der Waals surface area (Å²) in [7, 11) is 0. The highest BCUT2D eigenvalue weighted by Gasteiger charge is 2.23. The minimum atomic E-state index is 0.223. The molecule has 1 atom stereocenters. The molecule has 1 aliphatic rings. The third-order valence-corrected chi connectivity index (χ3v) is 4.11. The highest BCUT2D eigenvalue weighted by molar-refractivity contribution is 9.10. The van der Waals surface area contributed by atoms with Crippen molar-refractivity contribution in [3.63, 3.8) is 0 Å². The zero-order valence-electron chi connectivity index (χ0n) is 12.2. The van der Waals surface area contributed by atoms with Gasteiger partial charge in [0.25, 0.3) is 0 Å². The molecule has 1 heterocycles. The molecule has 1 aliphatic heterocycles. The first-order valence-electron chi connectivity index (χ1n) is 7.24. The maximum absolute atomic E-state index is 6.03. The van der Waals surface area contributed by atoms with Crippen molar-refractivity contribution in [1.82, 2.24) is 4.90 Å². The van der Waals surface area contributed by atoms with Crippen molar-refractivity contribution in [3.8, 4) is 11.5 Å². The van der Waals surface area contributed by atoms with Crippen molar-refractivity contribution in [1.29, 1.82) is 0 Å². The Kier molecular flexibility index (Phi) is 5.69. The van der Waals surface area contributed by atoms with E-state index in [1.165, 1.54) is 5.56 Å². The van der Waals surface area contributed by atoms with Gasteiger partial charge in [-0.3, -0.25) is 4.90 Å². The van der Waals surface area contributed by atoms with Crippen molar-refractivity contribution < 1.29 is 9.47 Å². The molecule has 0 spiro atoms. The minimum absolute atomic E-state index is 0.223. The lowest BCUT2D eigenvalue weighted by atomic mass is 10.0. The molecule has 2 N–H and O–H groups in total. The molecule has 0 bridgehead atoms. The van der Waals surface area contributed by atoms with Gasteiger partial charge in [0, 0.05) is 12.6 Å². The summed E-state index contributed by atoms with van der Waals surface area (Å²) in [6.07, 6.45) is 2.25. The molecule has 5 heteroatoms. The second kappa shape index (κ2) is 7.29. The highest BCUT2D eigenvalue weighted by atomic mass is 79.9. The van der Waals surface area contributed by atoms with Gasteiger partial charge in [-0.05, 0) is 59.6 Å². The molecule has 0 amide bonds. The van der Waals surface area contributed by atoms with Gasteiger partial charge in [-0.25, -0.2) is 0 Å². The zero-order valence-corrected chi connectivity index (χ0v) is 13.8. The van der Waals surface area contributed by atoms with Gasteiger partial charge >= 0.3 is 0 Å². The summed E-state index contributed by atoms with van der Waals surface area (Å²) in [6, 6.07) is 4.38. The second-order valence-electron chi connectivity index (χ2n) is 5.02. The van der Waals surface area contributed by atoms with Crippen LogP contribution in [0, 0.1) is 0 Å². The van der Waals surface area contributed by atoms with Crippen LogP contribution in [0.5, 0.6) is 11.5 Å². The Morgan fingerprint density at radius 2 is 1.95 bits per heavy atom. The topological polar surface area (TPSA) is 47.7 Å². The molecule has 0 aliphatic carbocycles. The summed E-state index contributed by atoms with van der Waals surface area (Å²) in [6.45, 7) is 7.41. The van der Waals surface area contributed by atoms with Gasteiger partial charge in [0.15, 0.2) is 11.5 Å². The molecule has 112 valence electrons. The Hall–Kier alpha value is -0.780. The molecule has 1 aromatic carbocycles. The summed E-state index contributed by atoms with van der Waals surface area (Å²) in [4.78, 5) is 2.45. The van der Waals surface area contributed by atoms with Crippen LogP contribution >= 0.6 is 15.9 Å². The fourth-order valence-corrected chi connectivity index (χ4v) is 3.25. The van der Waals surface area contributed by atoms with E-state index in [-0.39, 0.29) is 12.8 Å². The van der Waals surface area contributed by atoms with Gasteiger partial charge in [-0.1, -0.05) is 13.8 Å². The van der Waals surface area contributed by atoms with Gasteiger partial charge in [0.2, 0.25) is 6.79 Å². The molecule has 1 aromatic rings. The normalized spacial score (nSPS) is 14.8. The molecule has 0 saturated heterocycles. The van der Waals surface area contributed by atoms with Crippen LogP contribution in [0.4, 0.5) is 0 Å². The van der Waals surface area contributed by atoms with Crippen LogP contribution in [0.25, 0.3) is 0 Å². The van der Waals surface area contributed by atoms with E-state index < -0.39 is 0 Å². The third kappa shape index (κ3) is 3.27. The van der Waals surface area contributed by atoms with Crippen LogP contribution in [0.3, 0.4) is 0 Å². The van der Waals surface area contributed by atoms with E-state index in [0.29, 0.717) is 6.54 Å². The van der Waals surface area contributed by atoms with Crippen LogP contribution < -0.4 is 15.2 Å². The number of nitrogens with zero attached hydrogens (tertiary/aromatic N) is 1. The van der Waals surface area contributed by atoms with Crippen LogP contribution in [0.1, 0.15) is 38.3 Å². The number of halogens is 1. The summed E-state index contributed by atoms with van der Waals surface area (Å²) in [5.74, 6) is 1.60. The van der Waals surface area contributed by atoms with Crippen molar-refractivity contribution in [2.45, 2.75) is 32.7 Å². The van der Waals surface area contributed by atoms with Crippen molar-refractivity contribution >= 4 is 15.9 Å². The van der Waals surface area contributed by atoms with Crippen LogP contribution in [-0.2, 0) is 0 Å². The fourth-order valence-electron chi connectivity index (χ4n) is 2.67. The molecular weight excluding hydrogens is 320 g/mol. The van der Waals surface area contributed by atoms with E-state index in [1.54, 1.807) is 0 Å². The lowest BCUT2D eigenvalue weighted by molar-refractivity contribution is 0.173. The maximum Gasteiger partial charge on any atom is 0.231 e. The van der Waals surface area contributed by atoms with Gasteiger partial charge < -0.3 is 15.2 Å². The van der Waals surface area contributed by atoms with Crippen LogP contribution in [0.2, 0.25) is 0 Å². The summed E-state index contributed by atoms with van der Waals surface area (Å²) in [5, 5.41) is 0. The number of nitrogens with two attached hydrogens (primary N) is 1. The first-order valence-corrected chi connectivity index (χ1v) is 8.03. The molecule has 0 radical (unpaired) electrons. The Morgan fingerprint density at radius 3 is 2.55 bits per heavy atom. The standard InChI is InChI=1S/C15H23BrN2O2/c1-3-5-18(6-4-2)13(9-17)11-7-12(16)15-14(8-11)19-10-20-15/h7-8,13H,3-6,9-10,17H2,1-2H3. The number of ether oxygens (including phenoxy) is 2. The summed E-state index contributed by atoms with van der Waals surface area (Å²) < 4.78 is 11.9. The number of fused-ring (bicyclic) bond motifs is 1. The predicted molar refractivity (Wildman–Crippen MR) is 84.2 cm³/mol. The molecule has 0 fully saturated rings. The second-order valence-corrected chi connectivity index (χ2v) is 5.88. The van der Waals surface area contributed by atoms with Crippen molar-refractivity contribution in [2.75, 3.05) is 26.4 Å². The Balaban J connectivity index is 2.28. The van der Waals surface area contributed by atoms with E-state index in [9.17, 15) is 0 Å². The minimum Gasteiger partial charge on any atom is -0.454 e. The van der Waals surface area contributed by atoms with Crippen LogP contribution in [0.15, 0.2) is 16.6 Å². The largest absolute Gasteiger partial charge is 0.454 e. The lowest BCUT2D eigenvalue weighted by Crippen LogP contribution is -2.35. The van der Waals surface area contributed by atoms with E-state index in [2.05, 4.69) is 46.8 Å². The number of rotatable bonds is 7. The predicted octanol–water partition coefficient (Wildman–Crippen LogP) is 3.30. The van der Waals surface area contributed by atoms with E-state index in [0.717, 1.165) is 41.9 Å². The Labute approximate surface area is 129 Å². The maximum atomic E-state index is 6.03. The average Bonchev–Trinajstić information content (AvgIpc) is 2.89. The number of hydrogen-bond donors (Lipinski definition) is 1. The van der Waals surface area contributed by atoms with Crippen molar-refractivity contribution in [3.05, 3.63) is 22.2 Å². The van der Waals surface area contributed by atoms with Crippen LogP contribution in [-0.4, -0.2) is 31.3 Å².